The quantitative estimate of drug-likeness (QED) is 0.894. The van der Waals surface area contributed by atoms with E-state index < -0.39 is 17.6 Å². The first-order chi connectivity index (χ1) is 8.90. The first-order valence-corrected chi connectivity index (χ1v) is 6.96. The van der Waals surface area contributed by atoms with Crippen molar-refractivity contribution in [3.05, 3.63) is 55.2 Å². The van der Waals surface area contributed by atoms with Gasteiger partial charge in [-0.25, -0.2) is 13.6 Å². The van der Waals surface area contributed by atoms with Gasteiger partial charge in [0.1, 0.15) is 16.5 Å². The molecule has 1 N–H and O–H groups in total. The Morgan fingerprint density at radius 1 is 1.42 bits per heavy atom. The first kappa shape index (κ1) is 14.1. The number of thiophene rings is 1. The molecule has 0 amide bonds. The number of benzene rings is 1. The van der Waals surface area contributed by atoms with Crippen LogP contribution in [0.4, 0.5) is 8.78 Å². The highest BCUT2D eigenvalue weighted by Gasteiger charge is 2.20. The molecule has 1 aromatic heterocycles. The zero-order valence-electron chi connectivity index (χ0n) is 9.84. The van der Waals surface area contributed by atoms with Crippen LogP contribution in [0, 0.1) is 18.6 Å². The summed E-state index contributed by atoms with van der Waals surface area (Å²) in [5.41, 5.74) is 0.780. The maximum absolute atomic E-state index is 13.6. The van der Waals surface area contributed by atoms with Crippen molar-refractivity contribution in [2.45, 2.75) is 13.3 Å². The van der Waals surface area contributed by atoms with Crippen LogP contribution in [0.5, 0.6) is 0 Å². The van der Waals surface area contributed by atoms with E-state index >= 15 is 0 Å². The number of hydrogen-bond acceptors (Lipinski definition) is 2. The molecule has 0 aliphatic carbocycles. The second-order valence-corrected chi connectivity index (χ2v) is 6.02. The molecule has 0 saturated heterocycles. The molecule has 0 saturated carbocycles. The molecule has 6 heteroatoms. The van der Waals surface area contributed by atoms with Crippen molar-refractivity contribution in [2.75, 3.05) is 0 Å². The van der Waals surface area contributed by atoms with E-state index in [1.807, 2.05) is 0 Å². The molecular formula is C13H9BrF2O2S. The Morgan fingerprint density at radius 3 is 2.68 bits per heavy atom. The maximum atomic E-state index is 13.6. The van der Waals surface area contributed by atoms with E-state index in [2.05, 4.69) is 15.9 Å². The summed E-state index contributed by atoms with van der Waals surface area (Å²) in [7, 11) is 0. The number of aryl methyl sites for hydroxylation is 1. The van der Waals surface area contributed by atoms with Crippen molar-refractivity contribution in [1.82, 2.24) is 0 Å². The third-order valence-corrected chi connectivity index (χ3v) is 5.15. The SMILES string of the molecule is Cc1sc(C(=O)O)c(Cc2ccc(F)cc2F)c1Br. The van der Waals surface area contributed by atoms with Crippen molar-refractivity contribution in [1.29, 1.82) is 0 Å². The number of carbonyl (C=O) groups is 1. The van der Waals surface area contributed by atoms with Gasteiger partial charge in [0.2, 0.25) is 0 Å². The molecule has 0 atom stereocenters. The Bertz CT molecular complexity index is 652. The smallest absolute Gasteiger partial charge is 0.346 e. The zero-order valence-corrected chi connectivity index (χ0v) is 12.2. The summed E-state index contributed by atoms with van der Waals surface area (Å²) in [4.78, 5) is 12.1. The molecule has 2 rings (SSSR count). The number of carboxylic acid groups (broad SMARTS) is 1. The van der Waals surface area contributed by atoms with Gasteiger partial charge in [-0.15, -0.1) is 11.3 Å². The van der Waals surface area contributed by atoms with Gasteiger partial charge in [0, 0.05) is 21.8 Å². The van der Waals surface area contributed by atoms with Crippen LogP contribution in [-0.2, 0) is 6.42 Å². The van der Waals surface area contributed by atoms with E-state index in [0.717, 1.165) is 28.3 Å². The summed E-state index contributed by atoms with van der Waals surface area (Å²) in [6.07, 6.45) is 0.110. The molecule has 19 heavy (non-hydrogen) atoms. The van der Waals surface area contributed by atoms with Crippen LogP contribution < -0.4 is 0 Å². The van der Waals surface area contributed by atoms with Gasteiger partial charge in [-0.2, -0.15) is 0 Å². The van der Waals surface area contributed by atoms with Crippen LogP contribution in [0.3, 0.4) is 0 Å². The summed E-state index contributed by atoms with van der Waals surface area (Å²) < 4.78 is 27.1. The van der Waals surface area contributed by atoms with Crippen molar-refractivity contribution >= 4 is 33.2 Å². The van der Waals surface area contributed by atoms with Crippen LogP contribution in [0.1, 0.15) is 25.7 Å². The molecule has 1 heterocycles. The molecule has 0 bridgehead atoms. The second kappa shape index (κ2) is 5.38. The lowest BCUT2D eigenvalue weighted by molar-refractivity contribution is 0.0701. The molecule has 0 unspecified atom stereocenters. The second-order valence-electron chi connectivity index (χ2n) is 4.00. The third-order valence-electron chi connectivity index (χ3n) is 2.68. The van der Waals surface area contributed by atoms with E-state index in [1.54, 1.807) is 6.92 Å². The fraction of sp³-hybridized carbons (Fsp3) is 0.154. The lowest BCUT2D eigenvalue weighted by atomic mass is 10.0. The molecule has 2 aromatic rings. The van der Waals surface area contributed by atoms with Crippen LogP contribution in [0.25, 0.3) is 0 Å². The molecular weight excluding hydrogens is 338 g/mol. The molecule has 2 nitrogen and oxygen atoms in total. The molecule has 0 fully saturated rings. The number of rotatable bonds is 3. The summed E-state index contributed by atoms with van der Waals surface area (Å²) in [6.45, 7) is 1.78. The van der Waals surface area contributed by atoms with Gasteiger partial charge in [-0.3, -0.25) is 0 Å². The minimum atomic E-state index is -1.05. The normalized spacial score (nSPS) is 10.7. The van der Waals surface area contributed by atoms with E-state index in [-0.39, 0.29) is 16.9 Å². The van der Waals surface area contributed by atoms with Crippen molar-refractivity contribution in [3.63, 3.8) is 0 Å². The fourth-order valence-electron chi connectivity index (χ4n) is 1.76. The van der Waals surface area contributed by atoms with Gasteiger partial charge >= 0.3 is 5.97 Å². The van der Waals surface area contributed by atoms with Crippen LogP contribution in [0.15, 0.2) is 22.7 Å². The van der Waals surface area contributed by atoms with Crippen molar-refractivity contribution in [3.8, 4) is 0 Å². The Labute approximate surface area is 120 Å². The minimum Gasteiger partial charge on any atom is -0.477 e. The van der Waals surface area contributed by atoms with Crippen molar-refractivity contribution < 1.29 is 18.7 Å². The van der Waals surface area contributed by atoms with Gasteiger partial charge in [0.05, 0.1) is 0 Å². The first-order valence-electron chi connectivity index (χ1n) is 5.35. The third kappa shape index (κ3) is 2.84. The van der Waals surface area contributed by atoms with Gasteiger partial charge < -0.3 is 5.11 Å². The maximum Gasteiger partial charge on any atom is 0.346 e. The lowest BCUT2D eigenvalue weighted by Gasteiger charge is -2.04. The zero-order chi connectivity index (χ0) is 14.2. The molecule has 0 spiro atoms. The summed E-state index contributed by atoms with van der Waals surface area (Å²) in [5.74, 6) is -2.37. The molecule has 100 valence electrons. The predicted molar refractivity (Wildman–Crippen MR) is 72.9 cm³/mol. The number of carboxylic acids is 1. The highest BCUT2D eigenvalue weighted by Crippen LogP contribution is 2.34. The van der Waals surface area contributed by atoms with E-state index in [0.29, 0.717) is 10.0 Å². The van der Waals surface area contributed by atoms with Crippen LogP contribution in [-0.4, -0.2) is 11.1 Å². The van der Waals surface area contributed by atoms with E-state index in [1.165, 1.54) is 6.07 Å². The Hall–Kier alpha value is -1.27. The minimum absolute atomic E-state index is 0.110. The average molecular weight is 347 g/mol. The fourth-order valence-corrected chi connectivity index (χ4v) is 3.37. The molecule has 0 aliphatic heterocycles. The Morgan fingerprint density at radius 2 is 2.11 bits per heavy atom. The number of hydrogen-bond donors (Lipinski definition) is 1. The largest absolute Gasteiger partial charge is 0.477 e. The standard InChI is InChI=1S/C13H9BrF2O2S/c1-6-11(14)9(12(19-6)13(17)18)4-7-2-3-8(15)5-10(7)16/h2-3,5H,4H2,1H3,(H,17,18). The van der Waals surface area contributed by atoms with Gasteiger partial charge in [0.15, 0.2) is 0 Å². The average Bonchev–Trinajstić information content (AvgIpc) is 2.61. The lowest BCUT2D eigenvalue weighted by Crippen LogP contribution is -2.01. The van der Waals surface area contributed by atoms with Crippen LogP contribution >= 0.6 is 27.3 Å². The summed E-state index contributed by atoms with van der Waals surface area (Å²) in [5, 5.41) is 9.13. The number of halogens is 3. The monoisotopic (exact) mass is 346 g/mol. The van der Waals surface area contributed by atoms with Crippen molar-refractivity contribution in [2.24, 2.45) is 0 Å². The molecule has 0 aliphatic rings. The highest BCUT2D eigenvalue weighted by molar-refractivity contribution is 9.10. The summed E-state index contributed by atoms with van der Waals surface area (Å²) in [6, 6.07) is 3.28. The van der Waals surface area contributed by atoms with Gasteiger partial charge in [-0.1, -0.05) is 6.07 Å². The van der Waals surface area contributed by atoms with Gasteiger partial charge in [-0.05, 0) is 40.0 Å². The van der Waals surface area contributed by atoms with Gasteiger partial charge in [0.25, 0.3) is 0 Å². The highest BCUT2D eigenvalue weighted by atomic mass is 79.9. The Kier molecular flexibility index (Phi) is 4.01. The van der Waals surface area contributed by atoms with E-state index in [9.17, 15) is 13.6 Å². The molecule has 0 radical (unpaired) electrons. The predicted octanol–water partition coefficient (Wildman–Crippen LogP) is 4.39. The van der Waals surface area contributed by atoms with E-state index in [4.69, 9.17) is 5.11 Å². The Balaban J connectivity index is 2.46. The topological polar surface area (TPSA) is 37.3 Å². The number of aromatic carboxylic acids is 1. The van der Waals surface area contributed by atoms with Crippen LogP contribution in [0.2, 0.25) is 0 Å². The summed E-state index contributed by atoms with van der Waals surface area (Å²) >= 11 is 4.45. The molecule has 1 aromatic carbocycles.